The van der Waals surface area contributed by atoms with E-state index in [9.17, 15) is 4.79 Å². The molecular formula is C16H16BrIN2O2. The molecule has 0 aliphatic carbocycles. The van der Waals surface area contributed by atoms with Crippen molar-refractivity contribution in [3.63, 3.8) is 0 Å². The van der Waals surface area contributed by atoms with E-state index in [0.717, 1.165) is 13.7 Å². The van der Waals surface area contributed by atoms with Crippen LogP contribution < -0.4 is 0 Å². The summed E-state index contributed by atoms with van der Waals surface area (Å²) < 4.78 is 6.94. The van der Waals surface area contributed by atoms with Crippen LogP contribution in [0, 0.1) is 3.57 Å². The van der Waals surface area contributed by atoms with E-state index >= 15 is 0 Å². The molecule has 116 valence electrons. The second-order valence-corrected chi connectivity index (χ2v) is 6.74. The highest BCUT2D eigenvalue weighted by atomic mass is 127. The van der Waals surface area contributed by atoms with Crippen LogP contribution in [-0.2, 0) is 11.3 Å². The number of hydrogen-bond donors (Lipinski definition) is 0. The maximum atomic E-state index is 12.8. The Morgan fingerprint density at radius 2 is 2.18 bits per heavy atom. The van der Waals surface area contributed by atoms with Gasteiger partial charge in [-0.25, -0.2) is 0 Å². The van der Waals surface area contributed by atoms with E-state index in [-0.39, 0.29) is 5.91 Å². The summed E-state index contributed by atoms with van der Waals surface area (Å²) >= 11 is 5.60. The summed E-state index contributed by atoms with van der Waals surface area (Å²) in [6.07, 6.45) is 1.73. The maximum Gasteiger partial charge on any atom is 0.255 e. The molecule has 1 amide bonds. The molecular weight excluding hydrogens is 459 g/mol. The quantitative estimate of drug-likeness (QED) is 0.599. The number of aromatic nitrogens is 1. The number of ether oxygens (including phenoxy) is 1. The van der Waals surface area contributed by atoms with Crippen LogP contribution in [0.4, 0.5) is 0 Å². The van der Waals surface area contributed by atoms with Crippen molar-refractivity contribution in [3.8, 4) is 0 Å². The summed E-state index contributed by atoms with van der Waals surface area (Å²) in [5, 5.41) is 0. The second kappa shape index (κ2) is 8.59. The van der Waals surface area contributed by atoms with Gasteiger partial charge in [0.2, 0.25) is 0 Å². The molecule has 0 spiro atoms. The van der Waals surface area contributed by atoms with Gasteiger partial charge in [-0.15, -0.1) is 0 Å². The summed E-state index contributed by atoms with van der Waals surface area (Å²) in [5.74, 6) is -0.0200. The summed E-state index contributed by atoms with van der Waals surface area (Å²) in [7, 11) is 1.63. The average Bonchev–Trinajstić information content (AvgIpc) is 2.54. The fraction of sp³-hybridized carbons (Fsp3) is 0.250. The fourth-order valence-corrected chi connectivity index (χ4v) is 2.90. The summed E-state index contributed by atoms with van der Waals surface area (Å²) in [4.78, 5) is 18.9. The highest BCUT2D eigenvalue weighted by Gasteiger charge is 2.19. The number of pyridine rings is 1. The fourth-order valence-electron chi connectivity index (χ4n) is 1.97. The van der Waals surface area contributed by atoms with Gasteiger partial charge in [-0.3, -0.25) is 9.78 Å². The normalized spacial score (nSPS) is 10.5. The lowest BCUT2D eigenvalue weighted by Gasteiger charge is -2.23. The first kappa shape index (κ1) is 17.4. The third-order valence-corrected chi connectivity index (χ3v) is 4.52. The van der Waals surface area contributed by atoms with Gasteiger partial charge in [0, 0.05) is 27.9 Å². The van der Waals surface area contributed by atoms with Crippen molar-refractivity contribution in [2.45, 2.75) is 6.54 Å². The first-order valence-electron chi connectivity index (χ1n) is 6.75. The van der Waals surface area contributed by atoms with Gasteiger partial charge in [-0.2, -0.15) is 0 Å². The van der Waals surface area contributed by atoms with E-state index < -0.39 is 0 Å². The van der Waals surface area contributed by atoms with Crippen molar-refractivity contribution >= 4 is 44.4 Å². The van der Waals surface area contributed by atoms with Crippen LogP contribution in [0.5, 0.6) is 0 Å². The van der Waals surface area contributed by atoms with Gasteiger partial charge in [0.05, 0.1) is 24.4 Å². The smallest absolute Gasteiger partial charge is 0.255 e. The minimum absolute atomic E-state index is 0.0200. The highest BCUT2D eigenvalue weighted by Crippen LogP contribution is 2.20. The molecule has 0 fully saturated rings. The van der Waals surface area contributed by atoms with E-state index in [4.69, 9.17) is 4.74 Å². The van der Waals surface area contributed by atoms with E-state index in [1.54, 1.807) is 18.2 Å². The Morgan fingerprint density at radius 3 is 2.86 bits per heavy atom. The van der Waals surface area contributed by atoms with Gasteiger partial charge in [0.15, 0.2) is 0 Å². The first-order valence-corrected chi connectivity index (χ1v) is 8.62. The maximum absolute atomic E-state index is 12.8. The SMILES string of the molecule is COCCN(Cc1ccccn1)C(=O)c1cc(Br)ccc1I. The van der Waals surface area contributed by atoms with Crippen molar-refractivity contribution < 1.29 is 9.53 Å². The van der Waals surface area contributed by atoms with Crippen molar-refractivity contribution in [1.29, 1.82) is 0 Å². The molecule has 6 heteroatoms. The van der Waals surface area contributed by atoms with Crippen LogP contribution in [0.1, 0.15) is 16.1 Å². The molecule has 1 heterocycles. The zero-order chi connectivity index (χ0) is 15.9. The Kier molecular flexibility index (Phi) is 6.78. The molecule has 1 aromatic heterocycles. The van der Waals surface area contributed by atoms with Crippen LogP contribution in [0.2, 0.25) is 0 Å². The minimum Gasteiger partial charge on any atom is -0.383 e. The molecule has 22 heavy (non-hydrogen) atoms. The second-order valence-electron chi connectivity index (χ2n) is 4.66. The largest absolute Gasteiger partial charge is 0.383 e. The molecule has 0 radical (unpaired) electrons. The lowest BCUT2D eigenvalue weighted by atomic mass is 10.2. The van der Waals surface area contributed by atoms with E-state index in [0.29, 0.717) is 25.3 Å². The van der Waals surface area contributed by atoms with Gasteiger partial charge in [0.25, 0.3) is 5.91 Å². The van der Waals surface area contributed by atoms with E-state index in [1.165, 1.54) is 0 Å². The number of methoxy groups -OCH3 is 1. The van der Waals surface area contributed by atoms with E-state index in [1.807, 2.05) is 36.4 Å². The number of hydrogen-bond acceptors (Lipinski definition) is 3. The molecule has 2 aromatic rings. The Labute approximate surface area is 152 Å². The number of benzene rings is 1. The van der Waals surface area contributed by atoms with Crippen LogP contribution in [-0.4, -0.2) is 36.1 Å². The number of carbonyl (C=O) groups excluding carboxylic acids is 1. The average molecular weight is 475 g/mol. The highest BCUT2D eigenvalue weighted by molar-refractivity contribution is 14.1. The summed E-state index contributed by atoms with van der Waals surface area (Å²) in [5.41, 5.74) is 1.54. The zero-order valence-electron chi connectivity index (χ0n) is 12.1. The summed E-state index contributed by atoms with van der Waals surface area (Å²) in [6, 6.07) is 11.4. The van der Waals surface area contributed by atoms with Crippen molar-refractivity contribution in [1.82, 2.24) is 9.88 Å². The third kappa shape index (κ3) is 4.76. The van der Waals surface area contributed by atoms with Gasteiger partial charge >= 0.3 is 0 Å². The van der Waals surface area contributed by atoms with Gasteiger partial charge < -0.3 is 9.64 Å². The Balaban J connectivity index is 2.24. The molecule has 1 aromatic carbocycles. The lowest BCUT2D eigenvalue weighted by Crippen LogP contribution is -2.34. The number of halogens is 2. The molecule has 0 aliphatic rings. The number of nitrogens with zero attached hydrogens (tertiary/aromatic N) is 2. The molecule has 0 saturated carbocycles. The molecule has 0 aliphatic heterocycles. The monoisotopic (exact) mass is 474 g/mol. The number of carbonyl (C=O) groups is 1. The van der Waals surface area contributed by atoms with E-state index in [2.05, 4.69) is 43.5 Å². The Morgan fingerprint density at radius 1 is 1.36 bits per heavy atom. The standard InChI is InChI=1S/C16H16BrIN2O2/c1-22-9-8-20(11-13-4-2-3-7-19-13)16(21)14-10-12(17)5-6-15(14)18/h2-7,10H,8-9,11H2,1H3. The predicted molar refractivity (Wildman–Crippen MR) is 97.7 cm³/mol. The lowest BCUT2D eigenvalue weighted by molar-refractivity contribution is 0.0677. The van der Waals surface area contributed by atoms with Crippen LogP contribution in [0.25, 0.3) is 0 Å². The topological polar surface area (TPSA) is 42.4 Å². The molecule has 0 saturated heterocycles. The van der Waals surface area contributed by atoms with Crippen LogP contribution in [0.3, 0.4) is 0 Å². The molecule has 4 nitrogen and oxygen atoms in total. The molecule has 0 atom stereocenters. The predicted octanol–water partition coefficient (Wildman–Crippen LogP) is 3.74. The van der Waals surface area contributed by atoms with Crippen LogP contribution in [0.15, 0.2) is 47.1 Å². The zero-order valence-corrected chi connectivity index (χ0v) is 15.9. The van der Waals surface area contributed by atoms with Gasteiger partial charge in [-0.05, 0) is 52.9 Å². The molecule has 2 rings (SSSR count). The number of amides is 1. The first-order chi connectivity index (χ1) is 10.6. The van der Waals surface area contributed by atoms with Crippen molar-refractivity contribution in [2.24, 2.45) is 0 Å². The Bertz CT molecular complexity index is 637. The molecule has 0 bridgehead atoms. The Hall–Kier alpha value is -0.990. The van der Waals surface area contributed by atoms with Crippen molar-refractivity contribution in [2.75, 3.05) is 20.3 Å². The third-order valence-electron chi connectivity index (χ3n) is 3.09. The van der Waals surface area contributed by atoms with Gasteiger partial charge in [-0.1, -0.05) is 22.0 Å². The summed E-state index contributed by atoms with van der Waals surface area (Å²) in [6.45, 7) is 1.48. The van der Waals surface area contributed by atoms with Crippen molar-refractivity contribution in [3.05, 3.63) is 61.9 Å². The minimum atomic E-state index is -0.0200. The molecule has 0 unspecified atom stereocenters. The van der Waals surface area contributed by atoms with Gasteiger partial charge in [0.1, 0.15) is 0 Å². The molecule has 0 N–H and O–H groups in total. The van der Waals surface area contributed by atoms with Crippen LogP contribution >= 0.6 is 38.5 Å². The number of rotatable bonds is 6.